The maximum atomic E-state index is 12.9. The molecule has 1 N–H and O–H groups in total. The minimum atomic E-state index is -4.59. The predicted octanol–water partition coefficient (Wildman–Crippen LogP) is 1.28. The third-order valence-electron chi connectivity index (χ3n) is 3.55. The van der Waals surface area contributed by atoms with Crippen molar-refractivity contribution >= 4 is 11.5 Å². The molecule has 0 bridgehead atoms. The van der Waals surface area contributed by atoms with Crippen LogP contribution in [0.2, 0.25) is 0 Å². The Morgan fingerprint density at radius 1 is 1.26 bits per heavy atom. The second kappa shape index (κ2) is 6.28. The zero-order chi connectivity index (χ0) is 16.4. The molecular weight excluding hydrogens is 313 g/mol. The van der Waals surface area contributed by atoms with Gasteiger partial charge in [-0.3, -0.25) is 4.90 Å². The van der Waals surface area contributed by atoms with Gasteiger partial charge in [0.15, 0.2) is 5.65 Å². The lowest BCUT2D eigenvalue weighted by Crippen LogP contribution is -2.42. The Morgan fingerprint density at radius 2 is 2.00 bits per heavy atom. The summed E-state index contributed by atoms with van der Waals surface area (Å²) < 4.78 is 44.6. The Bertz CT molecular complexity index is 667. The number of anilines is 1. The highest BCUT2D eigenvalue weighted by molar-refractivity contribution is 5.44. The van der Waals surface area contributed by atoms with Crippen LogP contribution in [0.5, 0.6) is 0 Å². The molecule has 0 aromatic carbocycles. The van der Waals surface area contributed by atoms with E-state index in [2.05, 4.69) is 25.5 Å². The Balaban J connectivity index is 1.72. The summed E-state index contributed by atoms with van der Waals surface area (Å²) >= 11 is 0. The van der Waals surface area contributed by atoms with Crippen LogP contribution in [0.1, 0.15) is 12.7 Å². The number of halogens is 3. The molecule has 0 aliphatic carbocycles. The third kappa shape index (κ3) is 3.70. The first-order valence-corrected chi connectivity index (χ1v) is 7.30. The van der Waals surface area contributed by atoms with E-state index in [0.717, 1.165) is 19.6 Å². The normalized spacial score (nSPS) is 18.3. The molecule has 0 spiro atoms. The quantitative estimate of drug-likeness (QED) is 0.911. The van der Waals surface area contributed by atoms with Gasteiger partial charge in [-0.1, -0.05) is 0 Å². The van der Waals surface area contributed by atoms with Gasteiger partial charge in [-0.05, 0) is 19.1 Å². The molecule has 1 aliphatic heterocycles. The van der Waals surface area contributed by atoms with Crippen molar-refractivity contribution in [1.29, 1.82) is 0 Å². The van der Waals surface area contributed by atoms with Gasteiger partial charge >= 0.3 is 6.18 Å². The first-order chi connectivity index (χ1) is 10.9. The van der Waals surface area contributed by atoms with Crippen molar-refractivity contribution in [3.05, 3.63) is 18.0 Å². The standard InChI is InChI=1S/C13H17F3N6O/c1-9(8-21-4-6-23-7-5-21)17-10-2-3-11-18-19-12(13(14,15)16)22(11)20-10/h2-3,9H,4-8H2,1H3,(H,17,20). The van der Waals surface area contributed by atoms with Crippen LogP contribution in [0.15, 0.2) is 12.1 Å². The van der Waals surface area contributed by atoms with Gasteiger partial charge < -0.3 is 10.1 Å². The van der Waals surface area contributed by atoms with E-state index in [9.17, 15) is 13.2 Å². The van der Waals surface area contributed by atoms with Gasteiger partial charge in [0.25, 0.3) is 5.82 Å². The topological polar surface area (TPSA) is 67.6 Å². The molecule has 126 valence electrons. The molecule has 1 aliphatic rings. The van der Waals surface area contributed by atoms with Crippen molar-refractivity contribution in [1.82, 2.24) is 24.7 Å². The Hall–Kier alpha value is -1.94. The first kappa shape index (κ1) is 15.9. The van der Waals surface area contributed by atoms with Crippen molar-refractivity contribution in [3.63, 3.8) is 0 Å². The van der Waals surface area contributed by atoms with E-state index in [-0.39, 0.29) is 11.7 Å². The fourth-order valence-corrected chi connectivity index (χ4v) is 2.51. The molecule has 0 amide bonds. The summed E-state index contributed by atoms with van der Waals surface area (Å²) in [5.41, 5.74) is 0.0590. The van der Waals surface area contributed by atoms with E-state index in [4.69, 9.17) is 4.74 Å². The lowest BCUT2D eigenvalue weighted by Gasteiger charge is -2.29. The molecule has 10 heteroatoms. The highest BCUT2D eigenvalue weighted by atomic mass is 19.4. The lowest BCUT2D eigenvalue weighted by molar-refractivity contribution is -0.146. The molecule has 3 rings (SSSR count). The van der Waals surface area contributed by atoms with Gasteiger partial charge in [0, 0.05) is 25.7 Å². The van der Waals surface area contributed by atoms with Gasteiger partial charge in [-0.25, -0.2) is 0 Å². The molecule has 2 aromatic heterocycles. The Morgan fingerprint density at radius 3 is 2.70 bits per heavy atom. The molecule has 2 aromatic rings. The largest absolute Gasteiger partial charge is 0.453 e. The maximum Gasteiger partial charge on any atom is 0.453 e. The van der Waals surface area contributed by atoms with Gasteiger partial charge in [-0.2, -0.15) is 17.7 Å². The number of alkyl halides is 3. The molecule has 0 radical (unpaired) electrons. The fraction of sp³-hybridized carbons (Fsp3) is 0.615. The zero-order valence-corrected chi connectivity index (χ0v) is 12.5. The van der Waals surface area contributed by atoms with Crippen LogP contribution in [0.25, 0.3) is 5.65 Å². The van der Waals surface area contributed by atoms with E-state index in [1.807, 2.05) is 6.92 Å². The Kier molecular flexibility index (Phi) is 4.35. The lowest BCUT2D eigenvalue weighted by atomic mass is 10.3. The van der Waals surface area contributed by atoms with Crippen molar-refractivity contribution in [3.8, 4) is 0 Å². The number of nitrogens with zero attached hydrogens (tertiary/aromatic N) is 5. The summed E-state index contributed by atoms with van der Waals surface area (Å²) in [5.74, 6) is -0.777. The van der Waals surface area contributed by atoms with Crippen molar-refractivity contribution in [2.75, 3.05) is 38.2 Å². The second-order valence-electron chi connectivity index (χ2n) is 5.47. The molecule has 1 fully saturated rings. The van der Waals surface area contributed by atoms with Gasteiger partial charge in [0.1, 0.15) is 5.82 Å². The summed E-state index contributed by atoms with van der Waals surface area (Å²) in [7, 11) is 0. The van der Waals surface area contributed by atoms with E-state index in [1.165, 1.54) is 6.07 Å². The molecular formula is C13H17F3N6O. The van der Waals surface area contributed by atoms with Crippen LogP contribution in [-0.4, -0.2) is 63.6 Å². The average Bonchev–Trinajstić information content (AvgIpc) is 2.91. The highest BCUT2D eigenvalue weighted by Gasteiger charge is 2.37. The Labute approximate surface area is 130 Å². The summed E-state index contributed by atoms with van der Waals surface area (Å²) in [6, 6.07) is 3.09. The van der Waals surface area contributed by atoms with Gasteiger partial charge in [0.05, 0.1) is 13.2 Å². The van der Waals surface area contributed by atoms with Crippen LogP contribution in [0.3, 0.4) is 0 Å². The van der Waals surface area contributed by atoms with Crippen LogP contribution in [-0.2, 0) is 10.9 Å². The summed E-state index contributed by atoms with van der Waals surface area (Å²) in [4.78, 5) is 2.24. The zero-order valence-electron chi connectivity index (χ0n) is 12.5. The number of aromatic nitrogens is 4. The minimum Gasteiger partial charge on any atom is -0.379 e. The van der Waals surface area contributed by atoms with E-state index < -0.39 is 12.0 Å². The van der Waals surface area contributed by atoms with Crippen LogP contribution < -0.4 is 5.32 Å². The number of rotatable bonds is 4. The van der Waals surface area contributed by atoms with Crippen LogP contribution in [0.4, 0.5) is 19.0 Å². The van der Waals surface area contributed by atoms with Gasteiger partial charge in [-0.15, -0.1) is 15.3 Å². The minimum absolute atomic E-state index is 0.0314. The number of hydrogen-bond acceptors (Lipinski definition) is 6. The van der Waals surface area contributed by atoms with Gasteiger partial charge in [0.2, 0.25) is 0 Å². The van der Waals surface area contributed by atoms with E-state index in [0.29, 0.717) is 23.5 Å². The van der Waals surface area contributed by atoms with Crippen LogP contribution >= 0.6 is 0 Å². The van der Waals surface area contributed by atoms with Crippen molar-refractivity contribution in [2.24, 2.45) is 0 Å². The number of nitrogens with one attached hydrogen (secondary N) is 1. The van der Waals surface area contributed by atoms with E-state index in [1.54, 1.807) is 6.07 Å². The molecule has 1 unspecified atom stereocenters. The molecule has 7 nitrogen and oxygen atoms in total. The fourth-order valence-electron chi connectivity index (χ4n) is 2.51. The molecule has 1 atom stereocenters. The highest BCUT2D eigenvalue weighted by Crippen LogP contribution is 2.27. The number of fused-ring (bicyclic) bond motifs is 1. The SMILES string of the molecule is CC(CN1CCOCC1)Nc1ccc2nnc(C(F)(F)F)n2n1. The first-order valence-electron chi connectivity index (χ1n) is 7.30. The average molecular weight is 330 g/mol. The maximum absolute atomic E-state index is 12.9. The molecule has 23 heavy (non-hydrogen) atoms. The number of ether oxygens (including phenoxy) is 1. The summed E-state index contributed by atoms with van der Waals surface area (Å²) in [5, 5.41) is 13.7. The summed E-state index contributed by atoms with van der Waals surface area (Å²) in [6.07, 6.45) is -4.59. The smallest absolute Gasteiger partial charge is 0.379 e. The molecule has 3 heterocycles. The number of morpholine rings is 1. The van der Waals surface area contributed by atoms with Crippen LogP contribution in [0, 0.1) is 0 Å². The monoisotopic (exact) mass is 330 g/mol. The van der Waals surface area contributed by atoms with Crippen molar-refractivity contribution in [2.45, 2.75) is 19.1 Å². The molecule has 0 saturated carbocycles. The second-order valence-corrected chi connectivity index (χ2v) is 5.47. The predicted molar refractivity (Wildman–Crippen MR) is 76.1 cm³/mol. The summed E-state index contributed by atoms with van der Waals surface area (Å²) in [6.45, 7) is 5.82. The van der Waals surface area contributed by atoms with Crippen molar-refractivity contribution < 1.29 is 17.9 Å². The van der Waals surface area contributed by atoms with E-state index >= 15 is 0 Å². The third-order valence-corrected chi connectivity index (χ3v) is 3.55. The molecule has 1 saturated heterocycles. The number of hydrogen-bond donors (Lipinski definition) is 1.